The summed E-state index contributed by atoms with van der Waals surface area (Å²) in [6, 6.07) is 4.92. The van der Waals surface area contributed by atoms with Crippen molar-refractivity contribution in [3.63, 3.8) is 0 Å². The molecule has 7 heteroatoms. The monoisotopic (exact) mass is 253 g/mol. The van der Waals surface area contributed by atoms with Gasteiger partial charge in [-0.2, -0.15) is 5.26 Å². The van der Waals surface area contributed by atoms with Crippen LogP contribution in [0.2, 0.25) is 10.0 Å². The Bertz CT molecular complexity index is 561. The van der Waals surface area contributed by atoms with E-state index in [4.69, 9.17) is 34.2 Å². The van der Waals surface area contributed by atoms with Gasteiger partial charge in [0.15, 0.2) is 0 Å². The number of halogens is 2. The Hall–Kier alpha value is -1.77. The fourth-order valence-electron chi connectivity index (χ4n) is 1.23. The summed E-state index contributed by atoms with van der Waals surface area (Å²) in [6.07, 6.45) is 1.36. The SMILES string of the molecule is N#Cc1ncn(-c2c(Cl)cc(N)cc2Cl)n1. The molecule has 0 fully saturated rings. The van der Waals surface area contributed by atoms with E-state index >= 15 is 0 Å². The van der Waals surface area contributed by atoms with E-state index in [1.165, 1.54) is 11.0 Å². The van der Waals surface area contributed by atoms with Crippen LogP contribution in [0.15, 0.2) is 18.5 Å². The molecule has 1 aromatic heterocycles. The molecule has 0 unspecified atom stereocenters. The van der Waals surface area contributed by atoms with Crippen molar-refractivity contribution in [3.05, 3.63) is 34.3 Å². The number of hydrogen-bond donors (Lipinski definition) is 1. The van der Waals surface area contributed by atoms with Gasteiger partial charge in [-0.3, -0.25) is 0 Å². The summed E-state index contributed by atoms with van der Waals surface area (Å²) in [5.74, 6) is 0.0453. The van der Waals surface area contributed by atoms with E-state index in [1.54, 1.807) is 12.1 Å². The zero-order valence-electron chi connectivity index (χ0n) is 7.85. The van der Waals surface area contributed by atoms with E-state index in [1.807, 2.05) is 6.07 Å². The van der Waals surface area contributed by atoms with Gasteiger partial charge in [0, 0.05) is 5.69 Å². The van der Waals surface area contributed by atoms with E-state index in [9.17, 15) is 0 Å². The molecule has 0 aliphatic heterocycles. The maximum Gasteiger partial charge on any atom is 0.252 e. The van der Waals surface area contributed by atoms with Gasteiger partial charge in [0.05, 0.1) is 10.0 Å². The first kappa shape index (κ1) is 10.7. The molecule has 16 heavy (non-hydrogen) atoms. The molecule has 5 nitrogen and oxygen atoms in total. The van der Waals surface area contributed by atoms with Crippen LogP contribution in [0.4, 0.5) is 5.69 Å². The van der Waals surface area contributed by atoms with Gasteiger partial charge < -0.3 is 5.73 Å². The van der Waals surface area contributed by atoms with Crippen LogP contribution in [0.25, 0.3) is 5.69 Å². The topological polar surface area (TPSA) is 80.5 Å². The van der Waals surface area contributed by atoms with Crippen LogP contribution in [-0.4, -0.2) is 14.8 Å². The molecule has 0 radical (unpaired) electrons. The molecule has 2 N–H and O–H groups in total. The van der Waals surface area contributed by atoms with Crippen LogP contribution in [0.3, 0.4) is 0 Å². The van der Waals surface area contributed by atoms with Gasteiger partial charge >= 0.3 is 0 Å². The van der Waals surface area contributed by atoms with Crippen LogP contribution in [0.1, 0.15) is 5.82 Å². The van der Waals surface area contributed by atoms with Gasteiger partial charge in [0.2, 0.25) is 0 Å². The van der Waals surface area contributed by atoms with E-state index in [0.29, 0.717) is 21.4 Å². The summed E-state index contributed by atoms with van der Waals surface area (Å²) in [6.45, 7) is 0. The first-order valence-electron chi connectivity index (χ1n) is 4.18. The lowest BCUT2D eigenvalue weighted by atomic mass is 10.3. The molecule has 80 valence electrons. The smallest absolute Gasteiger partial charge is 0.252 e. The number of benzene rings is 1. The van der Waals surface area contributed by atoms with Crippen LogP contribution in [0.5, 0.6) is 0 Å². The minimum Gasteiger partial charge on any atom is -0.399 e. The molecule has 0 atom stereocenters. The molecule has 0 bridgehead atoms. The third-order valence-electron chi connectivity index (χ3n) is 1.86. The second kappa shape index (κ2) is 4.00. The predicted octanol–water partition coefficient (Wildman–Crippen LogP) is 2.03. The molecular weight excluding hydrogens is 249 g/mol. The van der Waals surface area contributed by atoms with E-state index in [-0.39, 0.29) is 5.82 Å². The maximum absolute atomic E-state index is 8.61. The number of nitrogens with zero attached hydrogens (tertiary/aromatic N) is 4. The quantitative estimate of drug-likeness (QED) is 0.789. The Kier molecular flexibility index (Phi) is 2.69. The second-order valence-electron chi connectivity index (χ2n) is 2.96. The Balaban J connectivity index is 2.60. The van der Waals surface area contributed by atoms with Crippen LogP contribution < -0.4 is 5.73 Å². The third kappa shape index (κ3) is 1.81. The van der Waals surface area contributed by atoms with Crippen LogP contribution in [0, 0.1) is 11.3 Å². The van der Waals surface area contributed by atoms with Crippen molar-refractivity contribution in [3.8, 4) is 11.8 Å². The van der Waals surface area contributed by atoms with E-state index in [2.05, 4.69) is 10.1 Å². The molecule has 0 aliphatic carbocycles. The highest BCUT2D eigenvalue weighted by Gasteiger charge is 2.11. The standard InChI is InChI=1S/C9H5Cl2N5/c10-6-1-5(13)2-7(11)9(6)16-4-14-8(3-12)15-16/h1-2,4H,13H2. The van der Waals surface area contributed by atoms with Gasteiger partial charge in [0.1, 0.15) is 18.1 Å². The minimum atomic E-state index is 0.0453. The van der Waals surface area contributed by atoms with Gasteiger partial charge in [0.25, 0.3) is 5.82 Å². The van der Waals surface area contributed by atoms with Crippen LogP contribution >= 0.6 is 23.2 Å². The van der Waals surface area contributed by atoms with Crippen molar-refractivity contribution in [2.75, 3.05) is 5.73 Å². The Morgan fingerprint density at radius 2 is 1.94 bits per heavy atom. The van der Waals surface area contributed by atoms with Crippen molar-refractivity contribution in [1.82, 2.24) is 14.8 Å². The number of aromatic nitrogens is 3. The number of rotatable bonds is 1. The average Bonchev–Trinajstić information content (AvgIpc) is 2.64. The normalized spacial score (nSPS) is 10.1. The second-order valence-corrected chi connectivity index (χ2v) is 3.77. The van der Waals surface area contributed by atoms with Crippen molar-refractivity contribution in [1.29, 1.82) is 5.26 Å². The van der Waals surface area contributed by atoms with Gasteiger partial charge in [-0.25, -0.2) is 9.67 Å². The lowest BCUT2D eigenvalue weighted by Gasteiger charge is -2.06. The molecule has 0 aliphatic rings. The molecule has 0 amide bonds. The molecule has 1 heterocycles. The minimum absolute atomic E-state index is 0.0453. The Morgan fingerprint density at radius 3 is 2.44 bits per heavy atom. The summed E-state index contributed by atoms with van der Waals surface area (Å²) in [5.41, 5.74) is 6.48. The molecule has 2 rings (SSSR count). The number of nitriles is 1. The van der Waals surface area contributed by atoms with Gasteiger partial charge in [-0.1, -0.05) is 23.2 Å². The fraction of sp³-hybridized carbons (Fsp3) is 0. The summed E-state index contributed by atoms with van der Waals surface area (Å²) < 4.78 is 1.34. The molecule has 2 aromatic rings. The number of anilines is 1. The predicted molar refractivity (Wildman–Crippen MR) is 60.5 cm³/mol. The zero-order valence-corrected chi connectivity index (χ0v) is 9.37. The Labute approximate surface area is 101 Å². The van der Waals surface area contributed by atoms with E-state index < -0.39 is 0 Å². The van der Waals surface area contributed by atoms with Crippen molar-refractivity contribution in [2.45, 2.75) is 0 Å². The third-order valence-corrected chi connectivity index (χ3v) is 2.44. The number of hydrogen-bond acceptors (Lipinski definition) is 4. The first-order valence-corrected chi connectivity index (χ1v) is 4.94. The lowest BCUT2D eigenvalue weighted by molar-refractivity contribution is 0.873. The summed E-state index contributed by atoms with van der Waals surface area (Å²) >= 11 is 12.0. The van der Waals surface area contributed by atoms with Crippen molar-refractivity contribution < 1.29 is 0 Å². The summed E-state index contributed by atoms with van der Waals surface area (Å²) in [7, 11) is 0. The lowest BCUT2D eigenvalue weighted by Crippen LogP contribution is -1.98. The highest BCUT2D eigenvalue weighted by Crippen LogP contribution is 2.30. The zero-order chi connectivity index (χ0) is 11.7. The van der Waals surface area contributed by atoms with Crippen molar-refractivity contribution in [2.24, 2.45) is 0 Å². The van der Waals surface area contributed by atoms with Gasteiger partial charge in [-0.05, 0) is 12.1 Å². The molecule has 1 aromatic carbocycles. The van der Waals surface area contributed by atoms with Crippen molar-refractivity contribution >= 4 is 28.9 Å². The Morgan fingerprint density at radius 1 is 1.31 bits per heavy atom. The average molecular weight is 254 g/mol. The fourth-order valence-corrected chi connectivity index (χ4v) is 1.90. The molecule has 0 saturated heterocycles. The van der Waals surface area contributed by atoms with Crippen LogP contribution in [-0.2, 0) is 0 Å². The highest BCUT2D eigenvalue weighted by atomic mass is 35.5. The maximum atomic E-state index is 8.61. The van der Waals surface area contributed by atoms with Gasteiger partial charge in [-0.15, -0.1) is 5.10 Å². The number of nitrogens with two attached hydrogens (primary N) is 1. The molecule has 0 saturated carbocycles. The van der Waals surface area contributed by atoms with E-state index in [0.717, 1.165) is 0 Å². The first-order chi connectivity index (χ1) is 7.61. The summed E-state index contributed by atoms with van der Waals surface area (Å²) in [5, 5.41) is 13.2. The molecular formula is C9H5Cl2N5. The highest BCUT2D eigenvalue weighted by molar-refractivity contribution is 6.38. The largest absolute Gasteiger partial charge is 0.399 e. The molecule has 0 spiro atoms. The summed E-state index contributed by atoms with van der Waals surface area (Å²) in [4.78, 5) is 3.76. The number of nitrogen functional groups attached to an aromatic ring is 1.